The van der Waals surface area contributed by atoms with Crippen molar-refractivity contribution in [2.45, 2.75) is 44.9 Å². The molecule has 4 rings (SSSR count). The fraction of sp³-hybridized carbons (Fsp3) is 0.381. The molecule has 0 bridgehead atoms. The molecule has 0 unspecified atom stereocenters. The number of aromatic nitrogens is 1. The maximum absolute atomic E-state index is 11.0. The number of hydrogen-bond acceptors (Lipinski definition) is 5. The Morgan fingerprint density at radius 1 is 1.33 bits per heavy atom. The van der Waals surface area contributed by atoms with E-state index in [0.717, 1.165) is 40.7 Å². The second kappa shape index (κ2) is 7.06. The number of hydrogen-bond donors (Lipinski definition) is 2. The second-order valence-corrected chi connectivity index (χ2v) is 8.80. The van der Waals surface area contributed by atoms with Gasteiger partial charge >= 0.3 is 0 Å². The number of aliphatic hydroxyl groups excluding tert-OH is 1. The summed E-state index contributed by atoms with van der Waals surface area (Å²) in [5.41, 5.74) is 3.42. The van der Waals surface area contributed by atoms with Gasteiger partial charge in [-0.2, -0.15) is 11.3 Å². The van der Waals surface area contributed by atoms with E-state index >= 15 is 0 Å². The Balaban J connectivity index is 1.71. The third-order valence-corrected chi connectivity index (χ3v) is 6.14. The van der Waals surface area contributed by atoms with Gasteiger partial charge in [0.05, 0.1) is 11.6 Å². The highest BCUT2D eigenvalue weighted by atomic mass is 35.5. The van der Waals surface area contributed by atoms with Crippen molar-refractivity contribution in [3.8, 4) is 5.75 Å². The van der Waals surface area contributed by atoms with Gasteiger partial charge in [0.2, 0.25) is 0 Å². The first-order chi connectivity index (χ1) is 12.8. The average molecular weight is 403 g/mol. The molecule has 3 aromatic rings. The molecule has 0 aliphatic carbocycles. The Labute approximate surface area is 168 Å². The van der Waals surface area contributed by atoms with Gasteiger partial charge in [0.1, 0.15) is 22.6 Å². The molecule has 27 heavy (non-hydrogen) atoms. The standard InChI is InChI=1S/C21H23ClN2O2S/c1-12-8-18(22)24-16-9-15-17(10-14(12)16)26-21(2,3)20(25)19(15)23-6-4-13-5-7-27-11-13/h5,7-11,19-20,23,25H,4,6H2,1-3H3/t19-,20+/m0/s1. The Morgan fingerprint density at radius 2 is 2.15 bits per heavy atom. The van der Waals surface area contributed by atoms with Gasteiger partial charge in [-0.05, 0) is 79.9 Å². The smallest absolute Gasteiger partial charge is 0.131 e. The van der Waals surface area contributed by atoms with E-state index in [1.54, 1.807) is 11.3 Å². The highest BCUT2D eigenvalue weighted by Crippen LogP contribution is 2.42. The van der Waals surface area contributed by atoms with E-state index in [9.17, 15) is 5.11 Å². The van der Waals surface area contributed by atoms with Crippen LogP contribution in [0.5, 0.6) is 5.75 Å². The summed E-state index contributed by atoms with van der Waals surface area (Å²) >= 11 is 7.85. The van der Waals surface area contributed by atoms with Crippen molar-refractivity contribution < 1.29 is 9.84 Å². The molecule has 0 radical (unpaired) electrons. The van der Waals surface area contributed by atoms with E-state index < -0.39 is 11.7 Å². The van der Waals surface area contributed by atoms with Crippen molar-refractivity contribution >= 4 is 33.8 Å². The number of pyridine rings is 1. The maximum atomic E-state index is 11.0. The molecule has 2 aromatic heterocycles. The van der Waals surface area contributed by atoms with Gasteiger partial charge < -0.3 is 15.2 Å². The number of nitrogens with one attached hydrogen (secondary N) is 1. The summed E-state index contributed by atoms with van der Waals surface area (Å²) in [6.07, 6.45) is 0.241. The van der Waals surface area contributed by atoms with Crippen molar-refractivity contribution in [3.63, 3.8) is 0 Å². The second-order valence-electron chi connectivity index (χ2n) is 7.63. The highest BCUT2D eigenvalue weighted by Gasteiger charge is 2.42. The van der Waals surface area contributed by atoms with Gasteiger partial charge in [-0.3, -0.25) is 0 Å². The summed E-state index contributed by atoms with van der Waals surface area (Å²) in [5.74, 6) is 0.790. The molecule has 1 aliphatic rings. The molecule has 0 saturated carbocycles. The lowest BCUT2D eigenvalue weighted by Gasteiger charge is -2.42. The molecule has 6 heteroatoms. The van der Waals surface area contributed by atoms with Crippen LogP contribution in [0.1, 0.15) is 36.6 Å². The van der Waals surface area contributed by atoms with Crippen LogP contribution in [0.4, 0.5) is 0 Å². The fourth-order valence-corrected chi connectivity index (χ4v) is 4.63. The Kier molecular flexibility index (Phi) is 4.89. The predicted octanol–water partition coefficient (Wildman–Crippen LogP) is 4.66. The van der Waals surface area contributed by atoms with Crippen molar-refractivity contribution in [3.05, 3.63) is 56.9 Å². The number of halogens is 1. The first kappa shape index (κ1) is 18.7. The monoisotopic (exact) mass is 402 g/mol. The van der Waals surface area contributed by atoms with E-state index in [0.29, 0.717) is 5.15 Å². The SMILES string of the molecule is Cc1cc(Cl)nc2cc3c(cc12)OC(C)(C)[C@H](O)[C@H]3NCCc1ccsc1. The number of aryl methyl sites for hydroxylation is 1. The molecule has 1 aliphatic heterocycles. The molecule has 1 aromatic carbocycles. The van der Waals surface area contributed by atoms with Crippen LogP contribution < -0.4 is 10.1 Å². The number of rotatable bonds is 4. The first-order valence-corrected chi connectivity index (χ1v) is 10.4. The van der Waals surface area contributed by atoms with Gasteiger partial charge in [0.25, 0.3) is 0 Å². The quantitative estimate of drug-likeness (QED) is 0.623. The minimum atomic E-state index is -0.686. The number of aliphatic hydroxyl groups is 1. The molecule has 4 nitrogen and oxygen atoms in total. The summed E-state index contributed by atoms with van der Waals surface area (Å²) in [5, 5.41) is 20.2. The van der Waals surface area contributed by atoms with E-state index in [-0.39, 0.29) is 6.04 Å². The van der Waals surface area contributed by atoms with Crippen LogP contribution in [0.2, 0.25) is 5.15 Å². The van der Waals surface area contributed by atoms with Crippen LogP contribution in [0.15, 0.2) is 35.0 Å². The molecule has 2 N–H and O–H groups in total. The van der Waals surface area contributed by atoms with Gasteiger partial charge in [0.15, 0.2) is 0 Å². The summed E-state index contributed by atoms with van der Waals surface area (Å²) in [7, 11) is 0. The topological polar surface area (TPSA) is 54.4 Å². The Hall–Kier alpha value is -1.66. The highest BCUT2D eigenvalue weighted by molar-refractivity contribution is 7.07. The summed E-state index contributed by atoms with van der Waals surface area (Å²) in [6.45, 7) is 6.63. The zero-order valence-corrected chi connectivity index (χ0v) is 17.2. The zero-order chi connectivity index (χ0) is 19.2. The van der Waals surface area contributed by atoms with Crippen molar-refractivity contribution in [1.82, 2.24) is 10.3 Å². The van der Waals surface area contributed by atoms with E-state index in [1.807, 2.05) is 39.0 Å². The van der Waals surface area contributed by atoms with Crippen LogP contribution in [-0.4, -0.2) is 28.3 Å². The summed E-state index contributed by atoms with van der Waals surface area (Å²) in [4.78, 5) is 4.46. The first-order valence-electron chi connectivity index (χ1n) is 9.07. The third kappa shape index (κ3) is 3.57. The van der Waals surface area contributed by atoms with Crippen LogP contribution in [0, 0.1) is 6.92 Å². The molecular formula is C21H23ClN2O2S. The summed E-state index contributed by atoms with van der Waals surface area (Å²) < 4.78 is 6.16. The molecule has 0 spiro atoms. The summed E-state index contributed by atoms with van der Waals surface area (Å²) in [6, 6.07) is 7.77. The van der Waals surface area contributed by atoms with E-state index in [4.69, 9.17) is 16.3 Å². The third-order valence-electron chi connectivity index (χ3n) is 5.21. The van der Waals surface area contributed by atoms with Gasteiger partial charge in [0, 0.05) is 10.9 Å². The van der Waals surface area contributed by atoms with E-state index in [2.05, 4.69) is 27.1 Å². The lowest BCUT2D eigenvalue weighted by molar-refractivity contribution is -0.0642. The molecule has 0 fully saturated rings. The zero-order valence-electron chi connectivity index (χ0n) is 15.6. The Bertz CT molecular complexity index is 972. The van der Waals surface area contributed by atoms with Gasteiger partial charge in [-0.1, -0.05) is 11.6 Å². The van der Waals surface area contributed by atoms with E-state index in [1.165, 1.54) is 5.56 Å². The number of ether oxygens (including phenoxy) is 1. The van der Waals surface area contributed by atoms with Crippen LogP contribution in [-0.2, 0) is 6.42 Å². The van der Waals surface area contributed by atoms with Crippen molar-refractivity contribution in [2.75, 3.05) is 6.54 Å². The average Bonchev–Trinajstić information content (AvgIpc) is 3.11. The minimum Gasteiger partial charge on any atom is -0.485 e. The lowest BCUT2D eigenvalue weighted by Crippen LogP contribution is -2.52. The number of thiophene rings is 1. The molecule has 2 atom stereocenters. The number of nitrogens with zero attached hydrogens (tertiary/aromatic N) is 1. The van der Waals surface area contributed by atoms with Crippen molar-refractivity contribution in [1.29, 1.82) is 0 Å². The van der Waals surface area contributed by atoms with Gasteiger partial charge in [-0.15, -0.1) is 0 Å². The van der Waals surface area contributed by atoms with Gasteiger partial charge in [-0.25, -0.2) is 4.98 Å². The minimum absolute atomic E-state index is 0.229. The molecule has 0 saturated heterocycles. The lowest BCUT2D eigenvalue weighted by atomic mass is 9.85. The fourth-order valence-electron chi connectivity index (χ4n) is 3.67. The molecule has 0 amide bonds. The maximum Gasteiger partial charge on any atom is 0.131 e. The van der Waals surface area contributed by atoms with Crippen LogP contribution >= 0.6 is 22.9 Å². The van der Waals surface area contributed by atoms with Crippen LogP contribution in [0.25, 0.3) is 10.9 Å². The largest absolute Gasteiger partial charge is 0.485 e. The van der Waals surface area contributed by atoms with Crippen LogP contribution in [0.3, 0.4) is 0 Å². The number of benzene rings is 1. The molecular weight excluding hydrogens is 380 g/mol. The molecule has 142 valence electrons. The predicted molar refractivity (Wildman–Crippen MR) is 111 cm³/mol. The molecule has 3 heterocycles. The normalized spacial score (nSPS) is 21.1. The number of fused-ring (bicyclic) bond motifs is 2. The Morgan fingerprint density at radius 3 is 2.89 bits per heavy atom. The van der Waals surface area contributed by atoms with Crippen molar-refractivity contribution in [2.24, 2.45) is 0 Å².